The molecule has 1 spiro atoms. The number of hydrogen-bond donors (Lipinski definition) is 3. The van der Waals surface area contributed by atoms with Crippen molar-refractivity contribution in [2.24, 2.45) is 22.2 Å². The summed E-state index contributed by atoms with van der Waals surface area (Å²) in [6.07, 6.45) is 29.1. The van der Waals surface area contributed by atoms with Crippen LogP contribution in [-0.4, -0.2) is 132 Å². The maximum absolute atomic E-state index is 14.6. The number of unbranched alkanes of at least 4 members (excludes halogenated alkanes) is 2. The van der Waals surface area contributed by atoms with E-state index in [9.17, 15) is 29.0 Å². The number of likely N-dealkylation sites (N-methyl/N-ethyl adjacent to an activating group) is 1. The lowest BCUT2D eigenvalue weighted by molar-refractivity contribution is -0.121. The molecule has 0 radical (unpaired) electrons. The summed E-state index contributed by atoms with van der Waals surface area (Å²) < 4.78 is 25.4. The Hall–Kier alpha value is -6.76. The number of rotatable bonds is 17. The first-order chi connectivity index (χ1) is 44.6. The second-order valence-electron chi connectivity index (χ2n) is 26.7. The molecule has 1 aromatic heterocycles. The number of aliphatic hydroxyl groups excluding tert-OH is 1. The highest BCUT2D eigenvalue weighted by molar-refractivity contribution is 6.01. The first-order valence-electron chi connectivity index (χ1n) is 35.2. The number of aldehydes is 1. The molecule has 6 unspecified atom stereocenters. The summed E-state index contributed by atoms with van der Waals surface area (Å²) in [7, 11) is 3.66. The number of nitrogens with zero attached hydrogens (tertiary/aromatic N) is 6. The van der Waals surface area contributed by atoms with E-state index in [1.54, 1.807) is 32.4 Å². The number of aliphatic imine (C=N–C) groups is 1. The largest absolute Gasteiger partial charge is 0.508 e. The van der Waals surface area contributed by atoms with Gasteiger partial charge in [-0.25, -0.2) is 9.18 Å². The summed E-state index contributed by atoms with van der Waals surface area (Å²) in [6.45, 7) is 38.6. The molecule has 512 valence electrons. The summed E-state index contributed by atoms with van der Waals surface area (Å²) in [5.74, 6) is 5.44. The Morgan fingerprint density at radius 3 is 2.26 bits per heavy atom. The van der Waals surface area contributed by atoms with E-state index in [0.717, 1.165) is 80.7 Å². The van der Waals surface area contributed by atoms with Crippen LogP contribution in [0.2, 0.25) is 0 Å². The van der Waals surface area contributed by atoms with Gasteiger partial charge in [-0.15, -0.1) is 6.42 Å². The minimum absolute atomic E-state index is 0.0212. The number of aryl methyl sites for hydroxylation is 1. The number of pyridine rings is 1. The van der Waals surface area contributed by atoms with Crippen LogP contribution >= 0.6 is 0 Å². The van der Waals surface area contributed by atoms with Gasteiger partial charge >= 0.3 is 6.09 Å². The summed E-state index contributed by atoms with van der Waals surface area (Å²) in [6, 6.07) is 14.4. The Labute approximate surface area is 558 Å². The Morgan fingerprint density at radius 1 is 0.957 bits per heavy atom. The lowest BCUT2D eigenvalue weighted by atomic mass is 9.58. The first-order valence-corrected chi connectivity index (χ1v) is 35.2. The van der Waals surface area contributed by atoms with E-state index < -0.39 is 11.9 Å². The number of likely N-dealkylation sites (tertiary alicyclic amines) is 2. The molecule has 6 atom stereocenters. The lowest BCUT2D eigenvalue weighted by Crippen LogP contribution is -2.63. The Morgan fingerprint density at radius 2 is 1.67 bits per heavy atom. The number of terminal acetylenes is 1. The van der Waals surface area contributed by atoms with Gasteiger partial charge in [-0.05, 0) is 167 Å². The molecule has 5 saturated heterocycles. The number of methoxy groups -OCH3 is 1. The smallest absolute Gasteiger partial charge is 0.409 e. The Kier molecular flexibility index (Phi) is 31.4. The predicted molar refractivity (Wildman–Crippen MR) is 382 cm³/mol. The van der Waals surface area contributed by atoms with E-state index in [-0.39, 0.29) is 29.4 Å². The molecule has 0 bridgehead atoms. The van der Waals surface area contributed by atoms with Crippen molar-refractivity contribution < 1.29 is 38.5 Å². The minimum Gasteiger partial charge on any atom is -0.508 e. The van der Waals surface area contributed by atoms with Crippen molar-refractivity contribution >= 4 is 53.0 Å². The van der Waals surface area contributed by atoms with E-state index in [4.69, 9.17) is 20.9 Å². The number of halogens is 1. The number of aliphatic hydroxyl groups is 1. The van der Waals surface area contributed by atoms with Gasteiger partial charge in [0.1, 0.15) is 30.3 Å². The van der Waals surface area contributed by atoms with E-state index in [0.29, 0.717) is 87.6 Å². The normalized spacial score (nSPS) is 20.7. The predicted octanol–water partition coefficient (Wildman–Crippen LogP) is 15.3. The number of benzene rings is 3. The van der Waals surface area contributed by atoms with Gasteiger partial charge in [0.2, 0.25) is 5.91 Å². The number of aromatic hydroxyl groups is 1. The number of anilines is 1. The molecular weight excluding hydrogens is 1170 g/mol. The van der Waals surface area contributed by atoms with Gasteiger partial charge in [-0.2, -0.15) is 4.99 Å². The van der Waals surface area contributed by atoms with Crippen molar-refractivity contribution in [1.29, 1.82) is 0 Å². The van der Waals surface area contributed by atoms with Crippen LogP contribution < -0.4 is 20.7 Å². The average molecular weight is 1280 g/mol. The molecule has 6 heterocycles. The van der Waals surface area contributed by atoms with Gasteiger partial charge in [0.05, 0.1) is 30.5 Å². The second kappa shape index (κ2) is 38.0. The van der Waals surface area contributed by atoms with Crippen LogP contribution in [0, 0.1) is 49.3 Å². The fourth-order valence-corrected chi connectivity index (χ4v) is 14.0. The number of carbonyl (C=O) groups excluding carboxylic acids is 3. The number of nitrogens with one attached hydrogen (secondary N) is 1. The molecule has 3 N–H and O–H groups in total. The zero-order chi connectivity index (χ0) is 68.5. The number of piperidine rings is 2. The number of aromatic nitrogens is 1. The second-order valence-corrected chi connectivity index (χ2v) is 26.7. The molecule has 4 aromatic rings. The third-order valence-corrected chi connectivity index (χ3v) is 19.5. The summed E-state index contributed by atoms with van der Waals surface area (Å²) in [5.41, 5.74) is 7.22. The van der Waals surface area contributed by atoms with Crippen molar-refractivity contribution in [3.8, 4) is 29.4 Å². The fraction of sp³-hybridized carbons (Fsp3) is 0.603. The van der Waals surface area contributed by atoms with Crippen LogP contribution in [-0.2, 0) is 19.1 Å². The SMILES string of the molecule is C#Cc1c(F)ccc2cc(O)cc(-c3nc/c(=C(/N=C(\C)OC)N4CCCC(O)C4)c(=C)c3C)c12.C=C1NC(=O)CCC1N(C)c1ccc(C(CCC)CCC(C)CC)cc1C.CC.CC1CC2(C1)CN(C(=O)OCC1CCC3CCCN31)C2.CCCC.CCCC=O. The van der Waals surface area contributed by atoms with Crippen LogP contribution in [0.25, 0.3) is 34.4 Å². The third kappa shape index (κ3) is 20.9. The number of carbonyl (C=O) groups is 3. The van der Waals surface area contributed by atoms with Gasteiger partial charge in [0.15, 0.2) is 5.90 Å². The highest BCUT2D eigenvalue weighted by atomic mass is 19.1. The van der Waals surface area contributed by atoms with Crippen LogP contribution in [0.1, 0.15) is 219 Å². The van der Waals surface area contributed by atoms with Crippen LogP contribution in [0.5, 0.6) is 5.75 Å². The number of β-amino-alcohol motifs (C(OH)–C–C–N with tert-alkyl or cyclic N) is 1. The molecule has 6 fully saturated rings. The summed E-state index contributed by atoms with van der Waals surface area (Å²) >= 11 is 0. The van der Waals surface area contributed by atoms with Gasteiger partial charge in [-0.1, -0.05) is 132 Å². The molecule has 93 heavy (non-hydrogen) atoms. The Balaban J connectivity index is 0.000000240. The zero-order valence-electron chi connectivity index (χ0n) is 59.4. The summed E-state index contributed by atoms with van der Waals surface area (Å²) in [5, 5.41) is 26.0. The van der Waals surface area contributed by atoms with Gasteiger partial charge < -0.3 is 44.5 Å². The lowest BCUT2D eigenvalue weighted by Gasteiger charge is -2.58. The molecule has 1 aliphatic carbocycles. The van der Waals surface area contributed by atoms with Crippen molar-refractivity contribution in [3.05, 3.63) is 99.4 Å². The van der Waals surface area contributed by atoms with Crippen molar-refractivity contribution in [2.45, 2.75) is 235 Å². The minimum atomic E-state index is -0.514. The topological polar surface area (TPSA) is 160 Å². The number of hydrogen-bond acceptors (Lipinski definition) is 12. The van der Waals surface area contributed by atoms with E-state index >= 15 is 0 Å². The number of phenolic OH excluding ortho intramolecular Hbond substituents is 1. The van der Waals surface area contributed by atoms with Crippen molar-refractivity contribution in [3.63, 3.8) is 0 Å². The number of ether oxygens (including phenoxy) is 2. The van der Waals surface area contributed by atoms with Crippen LogP contribution in [0.4, 0.5) is 14.9 Å². The fourth-order valence-electron chi connectivity index (χ4n) is 14.0. The molecular formula is C78H116FN7O7. The zero-order valence-corrected chi connectivity index (χ0v) is 59.4. The summed E-state index contributed by atoms with van der Waals surface area (Å²) in [4.78, 5) is 51.2. The van der Waals surface area contributed by atoms with E-state index in [2.05, 4.69) is 113 Å². The Bertz CT molecular complexity index is 3270. The van der Waals surface area contributed by atoms with Gasteiger partial charge in [0, 0.05) is 104 Å². The number of phenols is 1. The van der Waals surface area contributed by atoms with Gasteiger partial charge in [-0.3, -0.25) is 14.7 Å². The molecule has 3 aromatic carbocycles. The molecule has 1 saturated carbocycles. The first kappa shape index (κ1) is 76.9. The highest BCUT2D eigenvalue weighted by Gasteiger charge is 2.53. The monoisotopic (exact) mass is 1280 g/mol. The quantitative estimate of drug-likeness (QED) is 0.0400. The molecule has 6 aliphatic rings. The molecule has 2 amide bonds. The van der Waals surface area contributed by atoms with E-state index in [1.165, 1.54) is 119 Å². The van der Waals surface area contributed by atoms with Crippen LogP contribution in [0.15, 0.2) is 65.9 Å². The number of amides is 2. The third-order valence-electron chi connectivity index (χ3n) is 19.5. The standard InChI is InChI=1S/C28H28FN3O3.C24H38N2O.C16H26N2O2.C4H8O.C4H10.C2H6/c1-6-22-25(29)10-9-19-12-21(34)13-23(26(19)22)27-17(3)16(2)24(14-30-27)28(31-18(4)35-5)32-11-7-8-20(33)15-32;1-7-9-20(11-10-17(3)8-2)21-12-13-22(18(4)16-21)26(6)23-14-15-24(27)25-19(23)5;1-12-7-16(8-12)10-17(11-16)15(19)20-9-14-5-4-13-3-2-6-18(13)14;1-2-3-4-5;1-3-4-2;1-2/h1,9-10,12-14,20,33-34H,2,7-8,11,15H2,3-5H3;12-13,16-17,20,23H,5,7-11,14-15H2,1-4,6H3,(H,25,27);12-14H,2-11H2,1H3;4H,2-3H2,1H3;3-4H2,1-2H3;1-2H3/b28-24+,31-18+;;;;;. The maximum Gasteiger partial charge on any atom is 0.409 e. The van der Waals surface area contributed by atoms with Crippen molar-refractivity contribution in [2.75, 3.05) is 58.4 Å². The highest BCUT2D eigenvalue weighted by Crippen LogP contribution is 2.52. The average Bonchev–Trinajstić information content (AvgIpc) is 1.30. The van der Waals surface area contributed by atoms with Crippen LogP contribution in [0.3, 0.4) is 0 Å². The molecule has 14 nitrogen and oxygen atoms in total. The number of fused-ring (bicyclic) bond motifs is 2. The molecule has 10 rings (SSSR count). The van der Waals surface area contributed by atoms with Gasteiger partial charge in [0.25, 0.3) is 0 Å². The maximum atomic E-state index is 14.6. The van der Waals surface area contributed by atoms with E-state index in [1.807, 2.05) is 37.5 Å². The molecule has 5 aliphatic heterocycles. The van der Waals surface area contributed by atoms with Crippen molar-refractivity contribution in [1.82, 2.24) is 25.0 Å². The molecule has 15 heteroatoms.